The molecule has 1 aromatic rings. The molecule has 14 heavy (non-hydrogen) atoms. The van der Waals surface area contributed by atoms with Crippen molar-refractivity contribution in [3.05, 3.63) is 35.9 Å². The number of benzene rings is 1. The molecule has 3 atom stereocenters. The second kappa shape index (κ2) is 4.39. The lowest BCUT2D eigenvalue weighted by molar-refractivity contribution is 0.0892. The van der Waals surface area contributed by atoms with Crippen LogP contribution in [0.4, 0.5) is 0 Å². The lowest BCUT2D eigenvalue weighted by atomic mass is 9.88. The predicted molar refractivity (Wildman–Crippen MR) is 61.1 cm³/mol. The van der Waals surface area contributed by atoms with E-state index < -0.39 is 0 Å². The van der Waals surface area contributed by atoms with E-state index in [0.717, 1.165) is 19.5 Å². The SMILES string of the molecule is OC1CN(P)CCC1c1ccccc1. The van der Waals surface area contributed by atoms with E-state index in [-0.39, 0.29) is 6.10 Å². The predicted octanol–water partition coefficient (Wildman–Crippen LogP) is 1.63. The molecular formula is C11H16NOP. The van der Waals surface area contributed by atoms with Gasteiger partial charge in [0.15, 0.2) is 0 Å². The summed E-state index contributed by atoms with van der Waals surface area (Å²) < 4.78 is 2.10. The third-order valence-electron chi connectivity index (χ3n) is 2.84. The summed E-state index contributed by atoms with van der Waals surface area (Å²) in [4.78, 5) is 0. The summed E-state index contributed by atoms with van der Waals surface area (Å²) in [5, 5.41) is 9.94. The quantitative estimate of drug-likeness (QED) is 0.710. The van der Waals surface area contributed by atoms with Crippen LogP contribution in [0.2, 0.25) is 0 Å². The van der Waals surface area contributed by atoms with Gasteiger partial charge in [0.2, 0.25) is 0 Å². The van der Waals surface area contributed by atoms with E-state index >= 15 is 0 Å². The molecular weight excluding hydrogens is 193 g/mol. The van der Waals surface area contributed by atoms with E-state index in [9.17, 15) is 5.11 Å². The van der Waals surface area contributed by atoms with E-state index in [2.05, 4.69) is 26.2 Å². The number of aliphatic hydroxyl groups excluding tert-OH is 1. The molecule has 1 heterocycles. The van der Waals surface area contributed by atoms with E-state index in [1.807, 2.05) is 18.2 Å². The van der Waals surface area contributed by atoms with Crippen LogP contribution in [0.15, 0.2) is 30.3 Å². The Morgan fingerprint density at radius 3 is 2.64 bits per heavy atom. The third-order valence-corrected chi connectivity index (χ3v) is 3.31. The van der Waals surface area contributed by atoms with Crippen LogP contribution in [0, 0.1) is 0 Å². The highest BCUT2D eigenvalue weighted by molar-refractivity contribution is 7.13. The fourth-order valence-corrected chi connectivity index (χ4v) is 2.41. The van der Waals surface area contributed by atoms with Crippen molar-refractivity contribution in [1.29, 1.82) is 0 Å². The zero-order valence-corrected chi connectivity index (χ0v) is 9.29. The Bertz CT molecular complexity index is 291. The van der Waals surface area contributed by atoms with Gasteiger partial charge in [-0.25, -0.2) is 0 Å². The molecule has 1 saturated heterocycles. The highest BCUT2D eigenvalue weighted by atomic mass is 31.0. The molecule has 0 spiro atoms. The standard InChI is InChI=1S/C11H16NOP/c13-11-8-12(14)7-6-10(11)9-4-2-1-3-5-9/h1-5,10-11,13H,6-8,14H2. The van der Waals surface area contributed by atoms with E-state index in [1.165, 1.54) is 5.56 Å². The van der Waals surface area contributed by atoms with Crippen LogP contribution in [0.1, 0.15) is 17.9 Å². The first kappa shape index (κ1) is 10.1. The van der Waals surface area contributed by atoms with Crippen molar-refractivity contribution in [1.82, 2.24) is 4.67 Å². The number of aliphatic hydroxyl groups is 1. The van der Waals surface area contributed by atoms with Crippen LogP contribution in [0.5, 0.6) is 0 Å². The van der Waals surface area contributed by atoms with Crippen LogP contribution in [-0.4, -0.2) is 29.0 Å². The topological polar surface area (TPSA) is 23.5 Å². The molecule has 0 radical (unpaired) electrons. The van der Waals surface area contributed by atoms with Crippen LogP contribution in [0.25, 0.3) is 0 Å². The number of β-amino-alcohol motifs (C(OH)–C–C–N with tert-alkyl or cyclic N) is 1. The van der Waals surface area contributed by atoms with Gasteiger partial charge in [0, 0.05) is 19.0 Å². The van der Waals surface area contributed by atoms with Crippen LogP contribution >= 0.6 is 9.39 Å². The summed E-state index contributed by atoms with van der Waals surface area (Å²) in [7, 11) is 2.66. The highest BCUT2D eigenvalue weighted by Gasteiger charge is 2.26. The van der Waals surface area contributed by atoms with Crippen LogP contribution < -0.4 is 0 Å². The van der Waals surface area contributed by atoms with Crippen molar-refractivity contribution in [2.75, 3.05) is 13.1 Å². The molecule has 3 unspecified atom stereocenters. The van der Waals surface area contributed by atoms with Gasteiger partial charge >= 0.3 is 0 Å². The molecule has 0 aromatic heterocycles. The Hall–Kier alpha value is -0.430. The Morgan fingerprint density at radius 2 is 2.00 bits per heavy atom. The summed E-state index contributed by atoms with van der Waals surface area (Å²) in [6.45, 7) is 1.80. The van der Waals surface area contributed by atoms with E-state index in [4.69, 9.17) is 0 Å². The lowest BCUT2D eigenvalue weighted by Crippen LogP contribution is -2.37. The van der Waals surface area contributed by atoms with Crippen molar-refractivity contribution < 1.29 is 5.11 Å². The Kier molecular flexibility index (Phi) is 3.17. The molecule has 76 valence electrons. The monoisotopic (exact) mass is 209 g/mol. The smallest absolute Gasteiger partial charge is 0.0739 e. The maximum absolute atomic E-state index is 9.94. The molecule has 0 saturated carbocycles. The molecule has 1 aliphatic rings. The molecule has 0 amide bonds. The van der Waals surface area contributed by atoms with Crippen LogP contribution in [0.3, 0.4) is 0 Å². The van der Waals surface area contributed by atoms with Crippen molar-refractivity contribution in [2.45, 2.75) is 18.4 Å². The summed E-state index contributed by atoms with van der Waals surface area (Å²) in [6, 6.07) is 10.3. The second-order valence-corrected chi connectivity index (χ2v) is 4.60. The maximum atomic E-state index is 9.94. The maximum Gasteiger partial charge on any atom is 0.0739 e. The van der Waals surface area contributed by atoms with Gasteiger partial charge in [-0.3, -0.25) is 4.67 Å². The second-order valence-electron chi connectivity index (χ2n) is 3.87. The van der Waals surface area contributed by atoms with Gasteiger partial charge in [0.05, 0.1) is 6.10 Å². The molecule has 0 aliphatic carbocycles. The van der Waals surface area contributed by atoms with E-state index in [1.54, 1.807) is 0 Å². The largest absolute Gasteiger partial charge is 0.391 e. The third kappa shape index (κ3) is 2.14. The number of hydrogen-bond acceptors (Lipinski definition) is 2. The first-order valence-corrected chi connectivity index (χ1v) is 5.51. The number of piperidine rings is 1. The van der Waals surface area contributed by atoms with Gasteiger partial charge in [-0.2, -0.15) is 0 Å². The minimum absolute atomic E-state index is 0.233. The van der Waals surface area contributed by atoms with E-state index in [0.29, 0.717) is 5.92 Å². The van der Waals surface area contributed by atoms with Gasteiger partial charge in [-0.1, -0.05) is 39.7 Å². The first-order chi connectivity index (χ1) is 6.77. The summed E-state index contributed by atoms with van der Waals surface area (Å²) >= 11 is 0. The highest BCUT2D eigenvalue weighted by Crippen LogP contribution is 2.29. The van der Waals surface area contributed by atoms with Gasteiger partial charge < -0.3 is 5.11 Å². The molecule has 1 fully saturated rings. The summed E-state index contributed by atoms with van der Waals surface area (Å²) in [5.74, 6) is 0.313. The molecule has 3 heteroatoms. The molecule has 0 bridgehead atoms. The average Bonchev–Trinajstić information content (AvgIpc) is 2.19. The van der Waals surface area contributed by atoms with Crippen molar-refractivity contribution in [2.24, 2.45) is 0 Å². The minimum Gasteiger partial charge on any atom is -0.391 e. The Morgan fingerprint density at radius 1 is 1.29 bits per heavy atom. The van der Waals surface area contributed by atoms with Crippen molar-refractivity contribution in [3.63, 3.8) is 0 Å². The number of rotatable bonds is 1. The van der Waals surface area contributed by atoms with Gasteiger partial charge in [0.25, 0.3) is 0 Å². The fraction of sp³-hybridized carbons (Fsp3) is 0.455. The normalized spacial score (nSPS) is 29.0. The Balaban J connectivity index is 2.12. The lowest BCUT2D eigenvalue weighted by Gasteiger charge is -2.33. The van der Waals surface area contributed by atoms with Gasteiger partial charge in [-0.15, -0.1) is 0 Å². The minimum atomic E-state index is -0.233. The fourth-order valence-electron chi connectivity index (χ4n) is 2.05. The first-order valence-electron chi connectivity index (χ1n) is 5.00. The zero-order chi connectivity index (χ0) is 9.97. The van der Waals surface area contributed by atoms with Gasteiger partial charge in [-0.05, 0) is 12.0 Å². The van der Waals surface area contributed by atoms with Gasteiger partial charge in [0.1, 0.15) is 0 Å². The molecule has 1 aromatic carbocycles. The Labute approximate surface area is 87.2 Å². The number of hydrogen-bond donors (Lipinski definition) is 1. The molecule has 1 N–H and O–H groups in total. The van der Waals surface area contributed by atoms with Crippen molar-refractivity contribution >= 4 is 9.39 Å². The zero-order valence-electron chi connectivity index (χ0n) is 8.13. The molecule has 2 nitrogen and oxygen atoms in total. The summed E-state index contributed by atoms with van der Waals surface area (Å²) in [5.41, 5.74) is 1.26. The number of nitrogens with zero attached hydrogens (tertiary/aromatic N) is 1. The molecule has 1 aliphatic heterocycles. The molecule has 2 rings (SSSR count). The van der Waals surface area contributed by atoms with Crippen molar-refractivity contribution in [3.8, 4) is 0 Å². The van der Waals surface area contributed by atoms with Crippen LogP contribution in [-0.2, 0) is 0 Å². The summed E-state index contributed by atoms with van der Waals surface area (Å²) in [6.07, 6.45) is 0.804. The average molecular weight is 209 g/mol.